The molecule has 20 heavy (non-hydrogen) atoms. The topological polar surface area (TPSA) is 55.2 Å². The molecule has 5 heteroatoms. The van der Waals surface area contributed by atoms with Gasteiger partial charge in [0.1, 0.15) is 0 Å². The quantitative estimate of drug-likeness (QED) is 0.657. The number of rotatable bonds is 4. The van der Waals surface area contributed by atoms with E-state index in [0.29, 0.717) is 16.6 Å². The Morgan fingerprint density at radius 3 is 2.45 bits per heavy atom. The van der Waals surface area contributed by atoms with Crippen LogP contribution in [-0.2, 0) is 6.54 Å². The van der Waals surface area contributed by atoms with Crippen LogP contribution in [0.2, 0.25) is 0 Å². The Kier molecular flexibility index (Phi) is 4.39. The third-order valence-electron chi connectivity index (χ3n) is 3.18. The molecule has 0 bridgehead atoms. The summed E-state index contributed by atoms with van der Waals surface area (Å²) in [6.45, 7) is 4.46. The molecule has 0 aliphatic carbocycles. The largest absolute Gasteiger partial charge is 0.380 e. The molecular formula is C15H15BrN2O2. The van der Waals surface area contributed by atoms with E-state index in [4.69, 9.17) is 0 Å². The highest BCUT2D eigenvalue weighted by atomic mass is 79.9. The van der Waals surface area contributed by atoms with Gasteiger partial charge in [-0.2, -0.15) is 0 Å². The molecule has 0 aromatic heterocycles. The second-order valence-electron chi connectivity index (χ2n) is 4.65. The van der Waals surface area contributed by atoms with Crippen LogP contribution in [-0.4, -0.2) is 4.92 Å². The predicted molar refractivity (Wildman–Crippen MR) is 84.0 cm³/mol. The first-order valence-electron chi connectivity index (χ1n) is 6.22. The molecule has 104 valence electrons. The molecule has 0 saturated carbocycles. The second-order valence-corrected chi connectivity index (χ2v) is 5.57. The van der Waals surface area contributed by atoms with Crippen molar-refractivity contribution in [3.8, 4) is 0 Å². The minimum absolute atomic E-state index is 0.123. The summed E-state index contributed by atoms with van der Waals surface area (Å²) < 4.78 is 0.708. The molecule has 0 heterocycles. The molecule has 0 radical (unpaired) electrons. The van der Waals surface area contributed by atoms with E-state index in [2.05, 4.69) is 21.2 Å². The van der Waals surface area contributed by atoms with Gasteiger partial charge in [0.05, 0.1) is 4.92 Å². The highest BCUT2D eigenvalue weighted by molar-refractivity contribution is 9.10. The van der Waals surface area contributed by atoms with Crippen molar-refractivity contribution in [2.45, 2.75) is 20.4 Å². The van der Waals surface area contributed by atoms with Crippen LogP contribution < -0.4 is 5.32 Å². The van der Waals surface area contributed by atoms with E-state index in [-0.39, 0.29) is 10.6 Å². The maximum absolute atomic E-state index is 11.1. The lowest BCUT2D eigenvalue weighted by molar-refractivity contribution is -0.385. The van der Waals surface area contributed by atoms with Crippen molar-refractivity contribution in [3.05, 3.63) is 67.7 Å². The van der Waals surface area contributed by atoms with E-state index in [1.807, 2.05) is 38.1 Å². The van der Waals surface area contributed by atoms with Crippen LogP contribution in [0.15, 0.2) is 40.9 Å². The monoisotopic (exact) mass is 334 g/mol. The smallest absolute Gasteiger partial charge is 0.275 e. The Hall–Kier alpha value is -1.88. The van der Waals surface area contributed by atoms with E-state index < -0.39 is 0 Å². The van der Waals surface area contributed by atoms with Crippen molar-refractivity contribution in [3.63, 3.8) is 0 Å². The first-order valence-corrected chi connectivity index (χ1v) is 7.01. The number of benzene rings is 2. The average Bonchev–Trinajstić information content (AvgIpc) is 2.39. The van der Waals surface area contributed by atoms with Crippen LogP contribution in [0.3, 0.4) is 0 Å². The van der Waals surface area contributed by atoms with Gasteiger partial charge in [0, 0.05) is 28.3 Å². The molecule has 0 aliphatic heterocycles. The van der Waals surface area contributed by atoms with E-state index >= 15 is 0 Å². The van der Waals surface area contributed by atoms with Crippen LogP contribution >= 0.6 is 15.9 Å². The lowest BCUT2D eigenvalue weighted by atomic mass is 10.1. The van der Waals surface area contributed by atoms with Crippen molar-refractivity contribution in [1.82, 2.24) is 0 Å². The summed E-state index contributed by atoms with van der Waals surface area (Å²) in [4.78, 5) is 10.7. The molecule has 0 aliphatic rings. The Balaban J connectivity index is 2.25. The van der Waals surface area contributed by atoms with Crippen LogP contribution in [0.1, 0.15) is 16.7 Å². The summed E-state index contributed by atoms with van der Waals surface area (Å²) in [5.74, 6) is 0. The van der Waals surface area contributed by atoms with Crippen LogP contribution in [0.4, 0.5) is 11.4 Å². The fraction of sp³-hybridized carbons (Fsp3) is 0.200. The molecule has 0 spiro atoms. The molecule has 4 nitrogen and oxygen atoms in total. The van der Waals surface area contributed by atoms with Crippen LogP contribution in [0.25, 0.3) is 0 Å². The summed E-state index contributed by atoms with van der Waals surface area (Å²) in [6, 6.07) is 11.1. The SMILES string of the molecule is Cc1cccc(C)c1NCc1ccc(Br)cc1[N+](=O)[O-]. The molecule has 2 rings (SSSR count). The van der Waals surface area contributed by atoms with Crippen LogP contribution in [0.5, 0.6) is 0 Å². The zero-order chi connectivity index (χ0) is 14.7. The maximum atomic E-state index is 11.1. The number of hydrogen-bond acceptors (Lipinski definition) is 3. The third-order valence-corrected chi connectivity index (χ3v) is 3.67. The first-order chi connectivity index (χ1) is 9.49. The van der Waals surface area contributed by atoms with Crippen molar-refractivity contribution in [2.75, 3.05) is 5.32 Å². The number of nitro groups is 1. The van der Waals surface area contributed by atoms with E-state index in [1.165, 1.54) is 6.07 Å². The van der Waals surface area contributed by atoms with Crippen molar-refractivity contribution in [1.29, 1.82) is 0 Å². The van der Waals surface area contributed by atoms with Gasteiger partial charge in [-0.15, -0.1) is 0 Å². The Morgan fingerprint density at radius 2 is 1.85 bits per heavy atom. The number of aryl methyl sites for hydroxylation is 2. The number of halogens is 1. The Morgan fingerprint density at radius 1 is 1.20 bits per heavy atom. The number of hydrogen-bond donors (Lipinski definition) is 1. The Labute approximate surface area is 126 Å². The summed E-state index contributed by atoms with van der Waals surface area (Å²) in [5, 5.41) is 14.4. The number of anilines is 1. The van der Waals surface area contributed by atoms with Gasteiger partial charge in [0.25, 0.3) is 5.69 Å². The van der Waals surface area contributed by atoms with Gasteiger partial charge < -0.3 is 5.32 Å². The average molecular weight is 335 g/mol. The van der Waals surface area contributed by atoms with Crippen molar-refractivity contribution < 1.29 is 4.92 Å². The highest BCUT2D eigenvalue weighted by Gasteiger charge is 2.14. The Bertz CT molecular complexity index is 636. The van der Waals surface area contributed by atoms with Crippen molar-refractivity contribution >= 4 is 27.3 Å². The molecule has 0 atom stereocenters. The predicted octanol–water partition coefficient (Wildman–Crippen LogP) is 4.59. The molecule has 2 aromatic carbocycles. The maximum Gasteiger partial charge on any atom is 0.275 e. The summed E-state index contributed by atoms with van der Waals surface area (Å²) in [5.41, 5.74) is 4.08. The van der Waals surface area contributed by atoms with Gasteiger partial charge in [0.15, 0.2) is 0 Å². The molecule has 0 unspecified atom stereocenters. The number of nitrogens with one attached hydrogen (secondary N) is 1. The molecule has 0 amide bonds. The zero-order valence-electron chi connectivity index (χ0n) is 11.3. The van der Waals surface area contributed by atoms with Gasteiger partial charge >= 0.3 is 0 Å². The van der Waals surface area contributed by atoms with E-state index in [0.717, 1.165) is 16.8 Å². The van der Waals surface area contributed by atoms with Gasteiger partial charge in [-0.25, -0.2) is 0 Å². The molecule has 0 fully saturated rings. The normalized spacial score (nSPS) is 10.3. The minimum Gasteiger partial charge on any atom is -0.380 e. The molecular weight excluding hydrogens is 320 g/mol. The number of para-hydroxylation sites is 1. The van der Waals surface area contributed by atoms with Gasteiger partial charge in [-0.3, -0.25) is 10.1 Å². The van der Waals surface area contributed by atoms with Crippen LogP contribution in [0, 0.1) is 24.0 Å². The summed E-state index contributed by atoms with van der Waals surface area (Å²) in [6.07, 6.45) is 0. The van der Waals surface area contributed by atoms with E-state index in [9.17, 15) is 10.1 Å². The third kappa shape index (κ3) is 3.17. The minimum atomic E-state index is -0.355. The number of nitro benzene ring substituents is 1. The van der Waals surface area contributed by atoms with Gasteiger partial charge in [0.2, 0.25) is 0 Å². The van der Waals surface area contributed by atoms with Crippen molar-refractivity contribution in [2.24, 2.45) is 0 Å². The summed E-state index contributed by atoms with van der Waals surface area (Å²) in [7, 11) is 0. The first kappa shape index (κ1) is 14.5. The zero-order valence-corrected chi connectivity index (χ0v) is 12.9. The molecule has 2 aromatic rings. The lowest BCUT2D eigenvalue weighted by Crippen LogP contribution is -2.05. The highest BCUT2D eigenvalue weighted by Crippen LogP contribution is 2.26. The lowest BCUT2D eigenvalue weighted by Gasteiger charge is -2.12. The molecule has 1 N–H and O–H groups in total. The summed E-state index contributed by atoms with van der Waals surface area (Å²) >= 11 is 3.26. The second kappa shape index (κ2) is 6.05. The van der Waals surface area contributed by atoms with Gasteiger partial charge in [-0.1, -0.05) is 34.1 Å². The van der Waals surface area contributed by atoms with E-state index in [1.54, 1.807) is 6.07 Å². The number of nitrogens with zero attached hydrogens (tertiary/aromatic N) is 1. The standard InChI is InChI=1S/C15H15BrN2O2/c1-10-4-3-5-11(2)15(10)17-9-12-6-7-13(16)8-14(12)18(19)20/h3-8,17H,9H2,1-2H3. The molecule has 0 saturated heterocycles. The fourth-order valence-electron chi connectivity index (χ4n) is 2.13. The fourth-order valence-corrected chi connectivity index (χ4v) is 2.48. The van der Waals surface area contributed by atoms with Gasteiger partial charge in [-0.05, 0) is 37.1 Å².